The van der Waals surface area contributed by atoms with Crippen molar-refractivity contribution >= 4 is 22.9 Å². The van der Waals surface area contributed by atoms with Crippen LogP contribution in [0, 0.1) is 0 Å². The zero-order valence-electron chi connectivity index (χ0n) is 11.8. The van der Waals surface area contributed by atoms with Gasteiger partial charge in [-0.2, -0.15) is 0 Å². The van der Waals surface area contributed by atoms with Crippen LogP contribution in [0.1, 0.15) is 29.2 Å². The van der Waals surface area contributed by atoms with E-state index in [-0.39, 0.29) is 5.91 Å². The van der Waals surface area contributed by atoms with Gasteiger partial charge in [0.1, 0.15) is 5.01 Å². The molecule has 1 N–H and O–H groups in total. The molecule has 0 atom stereocenters. The quantitative estimate of drug-likeness (QED) is 0.888. The SMILES string of the molecule is CCN(CC)C(=O)c1cccc(NCc2nccs2)c1. The number of nitrogens with one attached hydrogen (secondary N) is 1. The fraction of sp³-hybridized carbons (Fsp3) is 0.333. The second kappa shape index (κ2) is 7.05. The lowest BCUT2D eigenvalue weighted by Crippen LogP contribution is -2.30. The molecule has 1 amide bonds. The highest BCUT2D eigenvalue weighted by Gasteiger charge is 2.12. The fourth-order valence-electron chi connectivity index (χ4n) is 1.97. The number of carbonyl (C=O) groups excluding carboxylic acids is 1. The summed E-state index contributed by atoms with van der Waals surface area (Å²) in [4.78, 5) is 18.3. The van der Waals surface area contributed by atoms with Gasteiger partial charge in [0.2, 0.25) is 0 Å². The molecule has 0 fully saturated rings. The molecule has 1 aromatic carbocycles. The first-order valence-electron chi connectivity index (χ1n) is 6.76. The summed E-state index contributed by atoms with van der Waals surface area (Å²) in [6.45, 7) is 6.12. The highest BCUT2D eigenvalue weighted by atomic mass is 32.1. The third-order valence-corrected chi connectivity index (χ3v) is 3.87. The van der Waals surface area contributed by atoms with Crippen LogP contribution >= 0.6 is 11.3 Å². The van der Waals surface area contributed by atoms with Crippen molar-refractivity contribution < 1.29 is 4.79 Å². The lowest BCUT2D eigenvalue weighted by Gasteiger charge is -2.19. The fourth-order valence-corrected chi connectivity index (χ4v) is 2.53. The van der Waals surface area contributed by atoms with Crippen LogP contribution in [0.2, 0.25) is 0 Å². The van der Waals surface area contributed by atoms with Gasteiger partial charge in [0.05, 0.1) is 6.54 Å². The van der Waals surface area contributed by atoms with Crippen molar-refractivity contribution in [3.8, 4) is 0 Å². The molecule has 0 aliphatic rings. The number of aromatic nitrogens is 1. The average molecular weight is 289 g/mol. The van der Waals surface area contributed by atoms with Crippen LogP contribution in [-0.2, 0) is 6.54 Å². The highest BCUT2D eigenvalue weighted by Crippen LogP contribution is 2.14. The number of benzene rings is 1. The van der Waals surface area contributed by atoms with Crippen molar-refractivity contribution in [1.82, 2.24) is 9.88 Å². The second-order valence-corrected chi connectivity index (χ2v) is 5.32. The van der Waals surface area contributed by atoms with Crippen LogP contribution in [0.15, 0.2) is 35.8 Å². The molecule has 0 saturated carbocycles. The molecule has 0 aliphatic heterocycles. The molecule has 5 heteroatoms. The lowest BCUT2D eigenvalue weighted by molar-refractivity contribution is 0.0773. The summed E-state index contributed by atoms with van der Waals surface area (Å²) in [5.74, 6) is 0.0768. The van der Waals surface area contributed by atoms with E-state index in [2.05, 4.69) is 10.3 Å². The average Bonchev–Trinajstić information content (AvgIpc) is 3.00. The van der Waals surface area contributed by atoms with Crippen molar-refractivity contribution in [2.24, 2.45) is 0 Å². The van der Waals surface area contributed by atoms with Crippen molar-refractivity contribution in [2.75, 3.05) is 18.4 Å². The van der Waals surface area contributed by atoms with E-state index in [1.165, 1.54) is 0 Å². The largest absolute Gasteiger partial charge is 0.379 e. The number of anilines is 1. The van der Waals surface area contributed by atoms with Crippen LogP contribution in [-0.4, -0.2) is 28.9 Å². The maximum atomic E-state index is 12.3. The summed E-state index contributed by atoms with van der Waals surface area (Å²) < 4.78 is 0. The zero-order valence-corrected chi connectivity index (χ0v) is 12.6. The molecule has 2 aromatic rings. The topological polar surface area (TPSA) is 45.2 Å². The summed E-state index contributed by atoms with van der Waals surface area (Å²) in [6, 6.07) is 7.62. The normalized spacial score (nSPS) is 10.3. The molecular weight excluding hydrogens is 270 g/mol. The molecule has 0 bridgehead atoms. The van der Waals surface area contributed by atoms with E-state index in [1.54, 1.807) is 17.5 Å². The first kappa shape index (κ1) is 14.5. The lowest BCUT2D eigenvalue weighted by atomic mass is 10.1. The maximum absolute atomic E-state index is 12.3. The molecule has 4 nitrogen and oxygen atoms in total. The standard InChI is InChI=1S/C15H19N3OS/c1-3-18(4-2)15(19)12-6-5-7-13(10-12)17-11-14-16-8-9-20-14/h5-10,17H,3-4,11H2,1-2H3. The van der Waals surface area contributed by atoms with Crippen LogP contribution in [0.3, 0.4) is 0 Å². The number of hydrogen-bond donors (Lipinski definition) is 1. The zero-order chi connectivity index (χ0) is 14.4. The van der Waals surface area contributed by atoms with Gasteiger partial charge >= 0.3 is 0 Å². The Bertz CT molecular complexity index is 550. The molecule has 106 valence electrons. The predicted molar refractivity (Wildman–Crippen MR) is 83.1 cm³/mol. The third kappa shape index (κ3) is 3.57. The van der Waals surface area contributed by atoms with Gasteiger partial charge in [0.15, 0.2) is 0 Å². The molecule has 0 radical (unpaired) electrons. The Morgan fingerprint density at radius 3 is 2.80 bits per heavy atom. The van der Waals surface area contributed by atoms with Gasteiger partial charge in [-0.3, -0.25) is 4.79 Å². The minimum Gasteiger partial charge on any atom is -0.379 e. The van der Waals surface area contributed by atoms with Gasteiger partial charge < -0.3 is 10.2 Å². The van der Waals surface area contributed by atoms with E-state index in [0.29, 0.717) is 6.54 Å². The van der Waals surface area contributed by atoms with E-state index in [1.807, 2.05) is 48.4 Å². The van der Waals surface area contributed by atoms with E-state index in [4.69, 9.17) is 0 Å². The number of amides is 1. The number of carbonyl (C=O) groups is 1. The van der Waals surface area contributed by atoms with Crippen molar-refractivity contribution in [1.29, 1.82) is 0 Å². The summed E-state index contributed by atoms with van der Waals surface area (Å²) in [7, 11) is 0. The van der Waals surface area contributed by atoms with E-state index in [9.17, 15) is 4.79 Å². The monoisotopic (exact) mass is 289 g/mol. The molecular formula is C15H19N3OS. The molecule has 0 saturated heterocycles. The highest BCUT2D eigenvalue weighted by molar-refractivity contribution is 7.09. The molecule has 1 aromatic heterocycles. The molecule has 1 heterocycles. The van der Waals surface area contributed by atoms with Crippen LogP contribution < -0.4 is 5.32 Å². The molecule has 20 heavy (non-hydrogen) atoms. The summed E-state index contributed by atoms with van der Waals surface area (Å²) in [5, 5.41) is 6.28. The molecule has 0 unspecified atom stereocenters. The van der Waals surface area contributed by atoms with E-state index < -0.39 is 0 Å². The third-order valence-electron chi connectivity index (χ3n) is 3.09. The summed E-state index contributed by atoms with van der Waals surface area (Å²) in [5.41, 5.74) is 1.66. The Kier molecular flexibility index (Phi) is 5.12. The summed E-state index contributed by atoms with van der Waals surface area (Å²) in [6.07, 6.45) is 1.79. The van der Waals surface area contributed by atoms with Crippen LogP contribution in [0.5, 0.6) is 0 Å². The number of thiazole rings is 1. The predicted octanol–water partition coefficient (Wildman–Crippen LogP) is 3.24. The Balaban J connectivity index is 2.05. The Hall–Kier alpha value is -1.88. The van der Waals surface area contributed by atoms with Gasteiger partial charge in [-0.05, 0) is 32.0 Å². The van der Waals surface area contributed by atoms with E-state index >= 15 is 0 Å². The van der Waals surface area contributed by atoms with Crippen molar-refractivity contribution in [3.63, 3.8) is 0 Å². The van der Waals surface area contributed by atoms with Gasteiger partial charge in [0, 0.05) is 35.9 Å². The smallest absolute Gasteiger partial charge is 0.253 e. The second-order valence-electron chi connectivity index (χ2n) is 4.34. The van der Waals surface area contributed by atoms with Crippen LogP contribution in [0.25, 0.3) is 0 Å². The minimum atomic E-state index is 0.0768. The van der Waals surface area contributed by atoms with Crippen molar-refractivity contribution in [3.05, 3.63) is 46.4 Å². The van der Waals surface area contributed by atoms with E-state index in [0.717, 1.165) is 29.3 Å². The van der Waals surface area contributed by atoms with Crippen molar-refractivity contribution in [2.45, 2.75) is 20.4 Å². The first-order valence-corrected chi connectivity index (χ1v) is 7.64. The van der Waals surface area contributed by atoms with Gasteiger partial charge in [-0.25, -0.2) is 4.98 Å². The maximum Gasteiger partial charge on any atom is 0.253 e. The number of nitrogens with zero attached hydrogens (tertiary/aromatic N) is 2. The van der Waals surface area contributed by atoms with Gasteiger partial charge in [-0.15, -0.1) is 11.3 Å². The molecule has 2 rings (SSSR count). The minimum absolute atomic E-state index is 0.0768. The Morgan fingerprint density at radius 1 is 1.35 bits per heavy atom. The molecule has 0 aliphatic carbocycles. The number of hydrogen-bond acceptors (Lipinski definition) is 4. The number of rotatable bonds is 6. The Labute approximate surface area is 123 Å². The Morgan fingerprint density at radius 2 is 2.15 bits per heavy atom. The van der Waals surface area contributed by atoms with Gasteiger partial charge in [0.25, 0.3) is 5.91 Å². The first-order chi connectivity index (χ1) is 9.74. The summed E-state index contributed by atoms with van der Waals surface area (Å²) >= 11 is 1.62. The molecule has 0 spiro atoms. The van der Waals surface area contributed by atoms with Gasteiger partial charge in [-0.1, -0.05) is 6.07 Å². The van der Waals surface area contributed by atoms with Crippen LogP contribution in [0.4, 0.5) is 5.69 Å².